The molecule has 0 unspecified atom stereocenters. The summed E-state index contributed by atoms with van der Waals surface area (Å²) in [4.78, 5) is 16.3. The quantitative estimate of drug-likeness (QED) is 0.854. The second-order valence-electron chi connectivity index (χ2n) is 4.65. The number of benzene rings is 1. The van der Waals surface area contributed by atoms with Crippen molar-refractivity contribution in [2.45, 2.75) is 6.04 Å². The molecule has 1 heterocycles. The molecule has 0 saturated carbocycles. The highest BCUT2D eigenvalue weighted by atomic mass is 79.9. The predicted octanol–water partition coefficient (Wildman–Crippen LogP) is 1.84. The molecule has 4 nitrogen and oxygen atoms in total. The van der Waals surface area contributed by atoms with E-state index in [0.717, 1.165) is 17.6 Å². The molecule has 0 spiro atoms. The maximum Gasteiger partial charge on any atom is 0.255 e. The zero-order valence-corrected chi connectivity index (χ0v) is 12.4. The lowest BCUT2D eigenvalue weighted by molar-refractivity contribution is 0.0398. The van der Waals surface area contributed by atoms with E-state index in [1.807, 2.05) is 37.2 Å². The van der Waals surface area contributed by atoms with E-state index in [4.69, 9.17) is 4.74 Å². The molecule has 1 aliphatic heterocycles. The molecule has 98 valence electrons. The third kappa shape index (κ3) is 2.37. The van der Waals surface area contributed by atoms with Crippen LogP contribution in [0.3, 0.4) is 0 Å². The van der Waals surface area contributed by atoms with Crippen molar-refractivity contribution < 1.29 is 9.53 Å². The molecule has 1 fully saturated rings. The van der Waals surface area contributed by atoms with Crippen molar-refractivity contribution in [2.24, 2.45) is 0 Å². The van der Waals surface area contributed by atoms with Gasteiger partial charge in [-0.3, -0.25) is 4.79 Å². The largest absolute Gasteiger partial charge is 0.496 e. The number of halogens is 1. The maximum absolute atomic E-state index is 12.3. The summed E-state index contributed by atoms with van der Waals surface area (Å²) in [6, 6.07) is 5.95. The number of ether oxygens (including phenoxy) is 1. The minimum absolute atomic E-state index is 0.0545. The van der Waals surface area contributed by atoms with Crippen LogP contribution < -0.4 is 4.74 Å². The van der Waals surface area contributed by atoms with Gasteiger partial charge in [0.25, 0.3) is 5.91 Å². The third-order valence-corrected chi connectivity index (χ3v) is 4.11. The average Bonchev–Trinajstić information content (AvgIpc) is 2.26. The minimum atomic E-state index is 0.0545. The van der Waals surface area contributed by atoms with Crippen LogP contribution in [-0.4, -0.2) is 56.0 Å². The van der Waals surface area contributed by atoms with Gasteiger partial charge in [-0.15, -0.1) is 0 Å². The second kappa shape index (κ2) is 5.28. The van der Waals surface area contributed by atoms with Gasteiger partial charge in [0.05, 0.1) is 17.1 Å². The van der Waals surface area contributed by atoms with Crippen LogP contribution in [0.1, 0.15) is 10.4 Å². The number of rotatable bonds is 3. The van der Waals surface area contributed by atoms with Crippen LogP contribution in [0.15, 0.2) is 22.7 Å². The first kappa shape index (κ1) is 13.4. The topological polar surface area (TPSA) is 32.8 Å². The monoisotopic (exact) mass is 312 g/mol. The summed E-state index contributed by atoms with van der Waals surface area (Å²) >= 11 is 3.42. The SMILES string of the molecule is COc1cccc(C(=O)N2CC(N(C)C)C2)c1Br. The summed E-state index contributed by atoms with van der Waals surface area (Å²) in [5, 5.41) is 0. The first-order valence-corrected chi connectivity index (χ1v) is 6.62. The molecule has 2 rings (SSSR count). The number of amides is 1. The van der Waals surface area contributed by atoms with E-state index in [1.165, 1.54) is 0 Å². The van der Waals surface area contributed by atoms with Gasteiger partial charge in [-0.1, -0.05) is 6.07 Å². The van der Waals surface area contributed by atoms with E-state index < -0.39 is 0 Å². The number of hydrogen-bond acceptors (Lipinski definition) is 3. The van der Waals surface area contributed by atoms with Crippen molar-refractivity contribution in [3.8, 4) is 5.75 Å². The van der Waals surface area contributed by atoms with Crippen LogP contribution >= 0.6 is 15.9 Å². The van der Waals surface area contributed by atoms with Crippen LogP contribution in [0.4, 0.5) is 0 Å². The van der Waals surface area contributed by atoms with E-state index in [9.17, 15) is 4.79 Å². The Labute approximate surface area is 116 Å². The zero-order chi connectivity index (χ0) is 13.3. The highest BCUT2D eigenvalue weighted by molar-refractivity contribution is 9.10. The summed E-state index contributed by atoms with van der Waals surface area (Å²) in [5.41, 5.74) is 0.659. The molecule has 0 N–H and O–H groups in total. The molecular formula is C13H17BrN2O2. The Morgan fingerprint density at radius 2 is 2.11 bits per heavy atom. The molecular weight excluding hydrogens is 296 g/mol. The van der Waals surface area contributed by atoms with E-state index >= 15 is 0 Å². The van der Waals surface area contributed by atoms with Crippen LogP contribution in [0, 0.1) is 0 Å². The number of likely N-dealkylation sites (tertiary alicyclic amines) is 1. The lowest BCUT2D eigenvalue weighted by Gasteiger charge is -2.42. The first-order valence-electron chi connectivity index (χ1n) is 5.82. The van der Waals surface area contributed by atoms with Crippen LogP contribution in [0.25, 0.3) is 0 Å². The number of likely N-dealkylation sites (N-methyl/N-ethyl adjacent to an activating group) is 1. The van der Waals surface area contributed by atoms with Crippen LogP contribution in [0.5, 0.6) is 5.75 Å². The van der Waals surface area contributed by atoms with Crippen molar-refractivity contribution in [3.63, 3.8) is 0 Å². The number of carbonyl (C=O) groups excluding carboxylic acids is 1. The smallest absolute Gasteiger partial charge is 0.255 e. The maximum atomic E-state index is 12.3. The van der Waals surface area contributed by atoms with Gasteiger partial charge in [-0.05, 0) is 42.2 Å². The van der Waals surface area contributed by atoms with Crippen LogP contribution in [0.2, 0.25) is 0 Å². The molecule has 1 amide bonds. The minimum Gasteiger partial charge on any atom is -0.496 e. The van der Waals surface area contributed by atoms with Crippen molar-refractivity contribution in [1.82, 2.24) is 9.80 Å². The first-order chi connectivity index (χ1) is 8.54. The lowest BCUT2D eigenvalue weighted by atomic mass is 10.1. The molecule has 18 heavy (non-hydrogen) atoms. The van der Waals surface area contributed by atoms with Crippen molar-refractivity contribution >= 4 is 21.8 Å². The number of carbonyl (C=O) groups is 1. The average molecular weight is 313 g/mol. The van der Waals surface area contributed by atoms with Gasteiger partial charge in [0.15, 0.2) is 0 Å². The van der Waals surface area contributed by atoms with E-state index in [2.05, 4.69) is 20.8 Å². The molecule has 1 aliphatic rings. The molecule has 0 aliphatic carbocycles. The van der Waals surface area contributed by atoms with Gasteiger partial charge in [0.2, 0.25) is 0 Å². The zero-order valence-electron chi connectivity index (χ0n) is 10.8. The molecule has 0 aromatic heterocycles. The van der Waals surface area contributed by atoms with E-state index in [-0.39, 0.29) is 5.91 Å². The standard InChI is InChI=1S/C13H17BrN2O2/c1-15(2)9-7-16(8-9)13(17)10-5-4-6-11(18-3)12(10)14/h4-6,9H,7-8H2,1-3H3. The fraction of sp³-hybridized carbons (Fsp3) is 0.462. The summed E-state index contributed by atoms with van der Waals surface area (Å²) in [6.45, 7) is 1.57. The summed E-state index contributed by atoms with van der Waals surface area (Å²) in [5.74, 6) is 0.740. The van der Waals surface area contributed by atoms with Gasteiger partial charge in [-0.25, -0.2) is 0 Å². The Morgan fingerprint density at radius 3 is 2.67 bits per heavy atom. The van der Waals surface area contributed by atoms with Gasteiger partial charge in [0, 0.05) is 19.1 Å². The van der Waals surface area contributed by atoms with Crippen molar-refractivity contribution in [3.05, 3.63) is 28.2 Å². The predicted molar refractivity (Wildman–Crippen MR) is 74.1 cm³/mol. The molecule has 0 atom stereocenters. The molecule has 0 bridgehead atoms. The molecule has 5 heteroatoms. The summed E-state index contributed by atoms with van der Waals surface area (Å²) in [7, 11) is 5.67. The Kier molecular flexibility index (Phi) is 3.92. The second-order valence-corrected chi connectivity index (χ2v) is 5.44. The number of methoxy groups -OCH3 is 1. The number of nitrogens with zero attached hydrogens (tertiary/aromatic N) is 2. The van der Waals surface area contributed by atoms with Crippen LogP contribution in [-0.2, 0) is 0 Å². The van der Waals surface area contributed by atoms with E-state index in [1.54, 1.807) is 7.11 Å². The Morgan fingerprint density at radius 1 is 1.44 bits per heavy atom. The summed E-state index contributed by atoms with van der Waals surface area (Å²) in [6.07, 6.45) is 0. The van der Waals surface area contributed by atoms with Gasteiger partial charge in [0.1, 0.15) is 5.75 Å². The molecule has 1 aromatic carbocycles. The van der Waals surface area contributed by atoms with Gasteiger partial charge < -0.3 is 14.5 Å². The number of hydrogen-bond donors (Lipinski definition) is 0. The normalized spacial score (nSPS) is 15.7. The van der Waals surface area contributed by atoms with Crippen molar-refractivity contribution in [1.29, 1.82) is 0 Å². The lowest BCUT2D eigenvalue weighted by Crippen LogP contribution is -2.59. The molecule has 1 aromatic rings. The fourth-order valence-electron chi connectivity index (χ4n) is 1.95. The Bertz CT molecular complexity index is 456. The highest BCUT2D eigenvalue weighted by Gasteiger charge is 2.33. The third-order valence-electron chi connectivity index (χ3n) is 3.29. The summed E-state index contributed by atoms with van der Waals surface area (Å²) < 4.78 is 5.93. The molecule has 0 radical (unpaired) electrons. The Balaban J connectivity index is 2.11. The van der Waals surface area contributed by atoms with Gasteiger partial charge in [-0.2, -0.15) is 0 Å². The van der Waals surface area contributed by atoms with Gasteiger partial charge >= 0.3 is 0 Å². The fourth-order valence-corrected chi connectivity index (χ4v) is 2.55. The van der Waals surface area contributed by atoms with Crippen molar-refractivity contribution in [2.75, 3.05) is 34.3 Å². The van der Waals surface area contributed by atoms with E-state index in [0.29, 0.717) is 17.4 Å². The Hall–Kier alpha value is -1.07. The highest BCUT2D eigenvalue weighted by Crippen LogP contribution is 2.30. The molecule has 1 saturated heterocycles.